The number of hydrogen-bond acceptors (Lipinski definition) is 7. The Morgan fingerprint density at radius 2 is 1.66 bits per heavy atom. The second-order valence-electron chi connectivity index (χ2n) is 9.22. The number of benzene rings is 3. The van der Waals surface area contributed by atoms with Crippen LogP contribution in [0.3, 0.4) is 0 Å². The van der Waals surface area contributed by atoms with Crippen LogP contribution in [0.4, 0.5) is 0 Å². The summed E-state index contributed by atoms with van der Waals surface area (Å²) in [6.07, 6.45) is 0.353. The van der Waals surface area contributed by atoms with Gasteiger partial charge >= 0.3 is 0 Å². The largest absolute Gasteiger partial charge is 0.508 e. The third-order valence-corrected chi connectivity index (χ3v) is 6.32. The zero-order chi connectivity index (χ0) is 27.4. The number of rotatable bonds is 9. The number of aromatic hydroxyl groups is 1. The highest BCUT2D eigenvalue weighted by Gasteiger charge is 2.45. The van der Waals surface area contributed by atoms with Gasteiger partial charge in [0.05, 0.1) is 31.9 Å². The molecule has 2 N–H and O–H groups in total. The Bertz CT molecular complexity index is 1360. The Balaban J connectivity index is 1.74. The smallest absolute Gasteiger partial charge is 0.295 e. The molecular weight excluding hydrogens is 486 g/mol. The number of aliphatic hydroxyl groups is 1. The van der Waals surface area contributed by atoms with E-state index < -0.39 is 17.7 Å². The lowest BCUT2D eigenvalue weighted by atomic mass is 9.95. The molecule has 1 atom stereocenters. The molecule has 0 radical (unpaired) electrons. The van der Waals surface area contributed by atoms with Crippen LogP contribution in [0.1, 0.15) is 36.6 Å². The van der Waals surface area contributed by atoms with Crippen LogP contribution in [0.2, 0.25) is 0 Å². The van der Waals surface area contributed by atoms with Gasteiger partial charge in [0.2, 0.25) is 0 Å². The first kappa shape index (κ1) is 26.6. The molecule has 0 saturated carbocycles. The third kappa shape index (κ3) is 5.44. The number of hydrogen-bond donors (Lipinski definition) is 2. The standard InChI is InChI=1S/C30H31NO7/c1-18(2)38-23-7-5-6-21(17-23)28(33)26-27(20-9-11-22(32)12-10-20)31(30(35)29(26)34)15-14-19-8-13-24(36-3)25(16-19)37-4/h5-13,16-18,27,32-33H,14-15H2,1-4H3/b28-26+. The minimum absolute atomic E-state index is 0.0188. The highest BCUT2D eigenvalue weighted by molar-refractivity contribution is 6.46. The summed E-state index contributed by atoms with van der Waals surface area (Å²) in [6.45, 7) is 3.99. The van der Waals surface area contributed by atoms with E-state index in [2.05, 4.69) is 0 Å². The number of ketones is 1. The van der Waals surface area contributed by atoms with E-state index in [4.69, 9.17) is 14.2 Å². The number of aliphatic hydroxyl groups excluding tert-OH is 1. The summed E-state index contributed by atoms with van der Waals surface area (Å²) >= 11 is 0. The summed E-state index contributed by atoms with van der Waals surface area (Å²) in [5, 5.41) is 21.2. The number of ether oxygens (including phenoxy) is 3. The van der Waals surface area contributed by atoms with Crippen LogP contribution in [0, 0.1) is 0 Å². The molecule has 0 bridgehead atoms. The average Bonchev–Trinajstić information content (AvgIpc) is 3.16. The Labute approximate surface area is 221 Å². The molecule has 1 aliphatic rings. The molecule has 0 spiro atoms. The fraction of sp³-hybridized carbons (Fsp3) is 0.267. The van der Waals surface area contributed by atoms with Gasteiger partial charge in [0.25, 0.3) is 11.7 Å². The van der Waals surface area contributed by atoms with E-state index in [-0.39, 0.29) is 29.7 Å². The predicted octanol–water partition coefficient (Wildman–Crippen LogP) is 4.86. The maximum Gasteiger partial charge on any atom is 0.295 e. The molecule has 3 aromatic carbocycles. The quantitative estimate of drug-likeness (QED) is 0.237. The first-order chi connectivity index (χ1) is 18.2. The van der Waals surface area contributed by atoms with E-state index in [1.54, 1.807) is 56.7 Å². The number of likely N-dealkylation sites (tertiary alicyclic amines) is 1. The van der Waals surface area contributed by atoms with Crippen molar-refractivity contribution in [3.8, 4) is 23.0 Å². The predicted molar refractivity (Wildman–Crippen MR) is 143 cm³/mol. The Morgan fingerprint density at radius 1 is 0.947 bits per heavy atom. The number of phenols is 1. The van der Waals surface area contributed by atoms with Gasteiger partial charge in [0.1, 0.15) is 17.3 Å². The van der Waals surface area contributed by atoms with Crippen molar-refractivity contribution in [3.05, 3.63) is 89.0 Å². The van der Waals surface area contributed by atoms with E-state index in [1.165, 1.54) is 17.0 Å². The molecule has 0 aromatic heterocycles. The van der Waals surface area contributed by atoms with Crippen molar-refractivity contribution >= 4 is 17.4 Å². The molecule has 198 valence electrons. The highest BCUT2D eigenvalue weighted by atomic mass is 16.5. The van der Waals surface area contributed by atoms with Crippen LogP contribution in [0.25, 0.3) is 5.76 Å². The number of carbonyl (C=O) groups excluding carboxylic acids is 2. The lowest BCUT2D eigenvalue weighted by molar-refractivity contribution is -0.139. The molecule has 1 saturated heterocycles. The molecule has 8 heteroatoms. The molecule has 1 aliphatic heterocycles. The van der Waals surface area contributed by atoms with Gasteiger partial charge < -0.3 is 29.3 Å². The second kappa shape index (κ2) is 11.3. The van der Waals surface area contributed by atoms with Gasteiger partial charge in [-0.2, -0.15) is 0 Å². The van der Waals surface area contributed by atoms with Gasteiger partial charge in [-0.3, -0.25) is 9.59 Å². The van der Waals surface area contributed by atoms with Crippen molar-refractivity contribution in [3.63, 3.8) is 0 Å². The molecular formula is C30H31NO7. The van der Waals surface area contributed by atoms with E-state index in [0.717, 1.165) is 5.56 Å². The minimum Gasteiger partial charge on any atom is -0.508 e. The Kier molecular flexibility index (Phi) is 7.90. The SMILES string of the molecule is COc1ccc(CCN2C(=O)C(=O)/C(=C(/O)c3cccc(OC(C)C)c3)C2c2ccc(O)cc2)cc1OC. The zero-order valence-electron chi connectivity index (χ0n) is 21.8. The lowest BCUT2D eigenvalue weighted by Gasteiger charge is -2.25. The van der Waals surface area contributed by atoms with Crippen molar-refractivity contribution < 1.29 is 34.0 Å². The van der Waals surface area contributed by atoms with E-state index in [1.807, 2.05) is 26.0 Å². The van der Waals surface area contributed by atoms with Crippen LogP contribution in [-0.4, -0.2) is 53.7 Å². The van der Waals surface area contributed by atoms with Crippen LogP contribution in [0.5, 0.6) is 23.0 Å². The van der Waals surface area contributed by atoms with E-state index in [0.29, 0.717) is 34.8 Å². The van der Waals surface area contributed by atoms with Gasteiger partial charge in [0, 0.05) is 12.1 Å². The molecule has 1 heterocycles. The fourth-order valence-electron chi connectivity index (χ4n) is 4.54. The van der Waals surface area contributed by atoms with Crippen LogP contribution >= 0.6 is 0 Å². The lowest BCUT2D eigenvalue weighted by Crippen LogP contribution is -2.31. The maximum atomic E-state index is 13.3. The van der Waals surface area contributed by atoms with Crippen molar-refractivity contribution in [1.82, 2.24) is 4.90 Å². The van der Waals surface area contributed by atoms with E-state index in [9.17, 15) is 19.8 Å². The highest BCUT2D eigenvalue weighted by Crippen LogP contribution is 2.40. The fourth-order valence-corrected chi connectivity index (χ4v) is 4.54. The zero-order valence-corrected chi connectivity index (χ0v) is 21.8. The van der Waals surface area contributed by atoms with Crippen molar-refractivity contribution in [2.45, 2.75) is 32.4 Å². The number of nitrogens with zero attached hydrogens (tertiary/aromatic N) is 1. The summed E-state index contributed by atoms with van der Waals surface area (Å²) in [7, 11) is 3.10. The third-order valence-electron chi connectivity index (χ3n) is 6.32. The summed E-state index contributed by atoms with van der Waals surface area (Å²) in [4.78, 5) is 28.0. The summed E-state index contributed by atoms with van der Waals surface area (Å²) < 4.78 is 16.4. The normalized spacial score (nSPS) is 16.7. The second-order valence-corrected chi connectivity index (χ2v) is 9.22. The van der Waals surface area contributed by atoms with Crippen LogP contribution in [0.15, 0.2) is 72.3 Å². The molecule has 1 amide bonds. The average molecular weight is 518 g/mol. The Morgan fingerprint density at radius 3 is 2.32 bits per heavy atom. The van der Waals surface area contributed by atoms with Crippen molar-refractivity contribution in [1.29, 1.82) is 0 Å². The van der Waals surface area contributed by atoms with Crippen molar-refractivity contribution in [2.75, 3.05) is 20.8 Å². The number of carbonyl (C=O) groups is 2. The van der Waals surface area contributed by atoms with Gasteiger partial charge in [-0.05, 0) is 67.8 Å². The number of Topliss-reactive ketones (excluding diaryl/α,β-unsaturated/α-hetero) is 1. The van der Waals surface area contributed by atoms with Gasteiger partial charge in [-0.15, -0.1) is 0 Å². The van der Waals surface area contributed by atoms with Crippen LogP contribution < -0.4 is 14.2 Å². The molecule has 1 unspecified atom stereocenters. The first-order valence-corrected chi connectivity index (χ1v) is 12.3. The summed E-state index contributed by atoms with van der Waals surface area (Å²) in [5.74, 6) is -0.0374. The molecule has 1 fully saturated rings. The molecule has 3 aromatic rings. The van der Waals surface area contributed by atoms with Gasteiger partial charge in [-0.1, -0.05) is 30.3 Å². The molecule has 8 nitrogen and oxygen atoms in total. The van der Waals surface area contributed by atoms with Gasteiger partial charge in [-0.25, -0.2) is 0 Å². The summed E-state index contributed by atoms with van der Waals surface area (Å²) in [5.41, 5.74) is 1.82. The summed E-state index contributed by atoms with van der Waals surface area (Å²) in [6, 6.07) is 17.7. The maximum absolute atomic E-state index is 13.3. The molecule has 38 heavy (non-hydrogen) atoms. The number of amides is 1. The van der Waals surface area contributed by atoms with Gasteiger partial charge in [0.15, 0.2) is 11.5 Å². The van der Waals surface area contributed by atoms with Crippen molar-refractivity contribution in [2.24, 2.45) is 0 Å². The monoisotopic (exact) mass is 517 g/mol. The molecule has 4 rings (SSSR count). The topological polar surface area (TPSA) is 106 Å². The Hall–Kier alpha value is -4.46. The van der Waals surface area contributed by atoms with Crippen LogP contribution in [-0.2, 0) is 16.0 Å². The number of phenolic OH excluding ortho intramolecular Hbond substituents is 1. The minimum atomic E-state index is -0.842. The van der Waals surface area contributed by atoms with E-state index >= 15 is 0 Å². The number of methoxy groups -OCH3 is 2. The molecule has 0 aliphatic carbocycles. The first-order valence-electron chi connectivity index (χ1n) is 12.3.